The van der Waals surface area contributed by atoms with Crippen LogP contribution in [0.5, 0.6) is 5.75 Å². The van der Waals surface area contributed by atoms with Gasteiger partial charge in [-0.05, 0) is 25.5 Å². The summed E-state index contributed by atoms with van der Waals surface area (Å²) >= 11 is 0. The van der Waals surface area contributed by atoms with Crippen molar-refractivity contribution in [2.75, 3.05) is 25.5 Å². The molecular weight excluding hydrogens is 272 g/mol. The molecule has 0 aromatic heterocycles. The molecule has 2 rings (SSSR count). The van der Waals surface area contributed by atoms with Crippen molar-refractivity contribution in [3.63, 3.8) is 0 Å². The molecule has 1 aromatic rings. The van der Waals surface area contributed by atoms with Crippen LogP contribution in [-0.2, 0) is 0 Å². The van der Waals surface area contributed by atoms with Crippen LogP contribution in [0.1, 0.15) is 23.7 Å². The lowest BCUT2D eigenvalue weighted by atomic mass is 10.1. The van der Waals surface area contributed by atoms with Crippen LogP contribution in [0.2, 0.25) is 0 Å². The molecule has 112 valence electrons. The number of nitrogens with zero attached hydrogens (tertiary/aromatic N) is 1. The summed E-state index contributed by atoms with van der Waals surface area (Å²) in [7, 11) is 1.39. The zero-order valence-corrected chi connectivity index (χ0v) is 12.0. The van der Waals surface area contributed by atoms with E-state index in [9.17, 15) is 9.59 Å². The summed E-state index contributed by atoms with van der Waals surface area (Å²) in [5.41, 5.74) is 1.85. The summed E-state index contributed by atoms with van der Waals surface area (Å²) in [5, 5.41) is 11.8. The largest absolute Gasteiger partial charge is 0.496 e. The Labute approximate surface area is 123 Å². The van der Waals surface area contributed by atoms with E-state index in [1.807, 2.05) is 13.0 Å². The number of carbonyl (C=O) groups excluding carboxylic acids is 1. The number of carboxylic acids is 1. The highest BCUT2D eigenvalue weighted by Crippen LogP contribution is 2.23. The van der Waals surface area contributed by atoms with Crippen molar-refractivity contribution in [2.24, 2.45) is 0 Å². The molecular formula is C15H18N2O4. The number of urea groups is 1. The van der Waals surface area contributed by atoms with E-state index in [1.54, 1.807) is 11.0 Å². The monoisotopic (exact) mass is 290 g/mol. The van der Waals surface area contributed by atoms with Gasteiger partial charge < -0.3 is 20.1 Å². The third-order valence-electron chi connectivity index (χ3n) is 3.41. The lowest BCUT2D eigenvalue weighted by Gasteiger charge is -2.25. The van der Waals surface area contributed by atoms with E-state index in [1.165, 1.54) is 24.8 Å². The summed E-state index contributed by atoms with van der Waals surface area (Å²) < 4.78 is 5.03. The van der Waals surface area contributed by atoms with Crippen molar-refractivity contribution in [2.45, 2.75) is 13.3 Å². The SMILES string of the molecule is COc1cc(NC(=O)N2CC=C(C)CC2)ccc1C(=O)O. The Hall–Kier alpha value is -2.50. The van der Waals surface area contributed by atoms with Crippen LogP contribution in [0, 0.1) is 0 Å². The van der Waals surface area contributed by atoms with E-state index < -0.39 is 5.97 Å². The minimum absolute atomic E-state index is 0.0621. The van der Waals surface area contributed by atoms with Crippen LogP contribution in [0.3, 0.4) is 0 Å². The van der Waals surface area contributed by atoms with Gasteiger partial charge in [-0.2, -0.15) is 0 Å². The number of amides is 2. The fraction of sp³-hybridized carbons (Fsp3) is 0.333. The molecule has 0 fully saturated rings. The molecule has 0 radical (unpaired) electrons. The zero-order chi connectivity index (χ0) is 15.4. The molecule has 0 spiro atoms. The number of carboxylic acid groups (broad SMARTS) is 1. The molecule has 0 atom stereocenters. The summed E-state index contributed by atoms with van der Waals surface area (Å²) in [6.07, 6.45) is 2.89. The van der Waals surface area contributed by atoms with Gasteiger partial charge >= 0.3 is 12.0 Å². The number of benzene rings is 1. The van der Waals surface area contributed by atoms with Crippen LogP contribution < -0.4 is 10.1 Å². The summed E-state index contributed by atoms with van der Waals surface area (Å²) in [6, 6.07) is 4.27. The fourth-order valence-electron chi connectivity index (χ4n) is 2.10. The Morgan fingerprint density at radius 3 is 2.71 bits per heavy atom. The van der Waals surface area contributed by atoms with Gasteiger partial charge in [0.25, 0.3) is 0 Å². The molecule has 1 heterocycles. The quantitative estimate of drug-likeness (QED) is 0.839. The number of carbonyl (C=O) groups is 2. The number of nitrogens with one attached hydrogen (secondary N) is 1. The molecule has 0 bridgehead atoms. The van der Waals surface area contributed by atoms with Crippen LogP contribution in [0.15, 0.2) is 29.8 Å². The highest BCUT2D eigenvalue weighted by Gasteiger charge is 2.17. The minimum atomic E-state index is -1.07. The highest BCUT2D eigenvalue weighted by molar-refractivity contribution is 5.94. The smallest absolute Gasteiger partial charge is 0.339 e. The van der Waals surface area contributed by atoms with E-state index in [-0.39, 0.29) is 17.3 Å². The Kier molecular flexibility index (Phi) is 4.47. The van der Waals surface area contributed by atoms with Crippen LogP contribution in [0.4, 0.5) is 10.5 Å². The predicted octanol–water partition coefficient (Wildman–Crippen LogP) is 2.58. The molecule has 21 heavy (non-hydrogen) atoms. The van der Waals surface area contributed by atoms with E-state index in [4.69, 9.17) is 9.84 Å². The van der Waals surface area contributed by atoms with Crippen LogP contribution in [-0.4, -0.2) is 42.2 Å². The van der Waals surface area contributed by atoms with Crippen molar-refractivity contribution >= 4 is 17.7 Å². The molecule has 0 unspecified atom stereocenters. The number of anilines is 1. The van der Waals surface area contributed by atoms with Crippen molar-refractivity contribution < 1.29 is 19.4 Å². The van der Waals surface area contributed by atoms with Crippen LogP contribution in [0.25, 0.3) is 0 Å². The first-order valence-corrected chi connectivity index (χ1v) is 6.64. The second-order valence-corrected chi connectivity index (χ2v) is 4.90. The van der Waals surface area contributed by atoms with Gasteiger partial charge in [-0.3, -0.25) is 0 Å². The van der Waals surface area contributed by atoms with Crippen molar-refractivity contribution in [3.8, 4) is 5.75 Å². The number of hydrogen-bond acceptors (Lipinski definition) is 3. The molecule has 1 aliphatic rings. The van der Waals surface area contributed by atoms with E-state index in [0.717, 1.165) is 6.42 Å². The van der Waals surface area contributed by atoms with Gasteiger partial charge in [-0.15, -0.1) is 0 Å². The molecule has 0 saturated carbocycles. The average molecular weight is 290 g/mol. The maximum absolute atomic E-state index is 12.1. The van der Waals surface area contributed by atoms with E-state index >= 15 is 0 Å². The molecule has 0 saturated heterocycles. The predicted molar refractivity (Wildman–Crippen MR) is 78.9 cm³/mol. The number of hydrogen-bond donors (Lipinski definition) is 2. The summed E-state index contributed by atoms with van der Waals surface area (Å²) in [6.45, 7) is 3.31. The average Bonchev–Trinajstić information content (AvgIpc) is 2.47. The molecule has 0 aliphatic carbocycles. The Bertz CT molecular complexity index is 595. The lowest BCUT2D eigenvalue weighted by Crippen LogP contribution is -2.37. The Morgan fingerprint density at radius 2 is 2.14 bits per heavy atom. The standard InChI is InChI=1S/C15H18N2O4/c1-10-5-7-17(8-6-10)15(20)16-11-3-4-12(14(18)19)13(9-11)21-2/h3-5,9H,6-8H2,1-2H3,(H,16,20)(H,18,19). The Morgan fingerprint density at radius 1 is 1.38 bits per heavy atom. The topological polar surface area (TPSA) is 78.9 Å². The first kappa shape index (κ1) is 14.9. The highest BCUT2D eigenvalue weighted by atomic mass is 16.5. The zero-order valence-electron chi connectivity index (χ0n) is 12.0. The van der Waals surface area contributed by atoms with Crippen molar-refractivity contribution in [1.82, 2.24) is 4.90 Å². The maximum atomic E-state index is 12.1. The van der Waals surface area contributed by atoms with Crippen LogP contribution >= 0.6 is 0 Å². The number of rotatable bonds is 3. The second kappa shape index (κ2) is 6.30. The number of aromatic carboxylic acids is 1. The first-order valence-electron chi connectivity index (χ1n) is 6.64. The fourth-order valence-corrected chi connectivity index (χ4v) is 2.10. The molecule has 1 aliphatic heterocycles. The number of ether oxygens (including phenoxy) is 1. The minimum Gasteiger partial charge on any atom is -0.496 e. The van der Waals surface area contributed by atoms with E-state index in [0.29, 0.717) is 18.8 Å². The summed E-state index contributed by atoms with van der Waals surface area (Å²) in [4.78, 5) is 24.8. The van der Waals surface area contributed by atoms with Gasteiger partial charge in [0.2, 0.25) is 0 Å². The second-order valence-electron chi connectivity index (χ2n) is 4.90. The lowest BCUT2D eigenvalue weighted by molar-refractivity contribution is 0.0693. The van der Waals surface area contributed by atoms with Gasteiger partial charge in [-0.25, -0.2) is 9.59 Å². The third kappa shape index (κ3) is 3.53. The number of methoxy groups -OCH3 is 1. The van der Waals surface area contributed by atoms with Gasteiger partial charge in [-0.1, -0.05) is 11.6 Å². The summed E-state index contributed by atoms with van der Waals surface area (Å²) in [5.74, 6) is -0.851. The Balaban J connectivity index is 2.09. The molecule has 2 amide bonds. The molecule has 1 aromatic carbocycles. The van der Waals surface area contributed by atoms with Gasteiger partial charge in [0, 0.05) is 24.8 Å². The van der Waals surface area contributed by atoms with Crippen molar-refractivity contribution in [3.05, 3.63) is 35.4 Å². The van der Waals surface area contributed by atoms with Gasteiger partial charge in [0.1, 0.15) is 11.3 Å². The van der Waals surface area contributed by atoms with E-state index in [2.05, 4.69) is 5.32 Å². The third-order valence-corrected chi connectivity index (χ3v) is 3.41. The van der Waals surface area contributed by atoms with Gasteiger partial charge in [0.05, 0.1) is 7.11 Å². The molecule has 2 N–H and O–H groups in total. The van der Waals surface area contributed by atoms with Crippen molar-refractivity contribution in [1.29, 1.82) is 0 Å². The van der Waals surface area contributed by atoms with Gasteiger partial charge in [0.15, 0.2) is 0 Å². The maximum Gasteiger partial charge on any atom is 0.339 e. The molecule has 6 nitrogen and oxygen atoms in total. The first-order chi connectivity index (χ1) is 10.0. The normalized spacial score (nSPS) is 14.4. The molecule has 6 heteroatoms.